The maximum absolute atomic E-state index is 13.1. The van der Waals surface area contributed by atoms with Crippen molar-refractivity contribution in [1.82, 2.24) is 19.4 Å². The molecule has 9 nitrogen and oxygen atoms in total. The van der Waals surface area contributed by atoms with Gasteiger partial charge in [0, 0.05) is 29.9 Å². The molecule has 0 unspecified atom stereocenters. The van der Waals surface area contributed by atoms with E-state index in [1.54, 1.807) is 31.3 Å². The summed E-state index contributed by atoms with van der Waals surface area (Å²) in [4.78, 5) is 14.0. The van der Waals surface area contributed by atoms with Crippen LogP contribution >= 0.6 is 11.3 Å². The van der Waals surface area contributed by atoms with Gasteiger partial charge in [-0.05, 0) is 43.3 Å². The summed E-state index contributed by atoms with van der Waals surface area (Å²) in [7, 11) is -3.80. The number of halogens is 1. The summed E-state index contributed by atoms with van der Waals surface area (Å²) in [6.07, 6.45) is 3.42. The van der Waals surface area contributed by atoms with E-state index in [2.05, 4.69) is 31.6 Å². The lowest BCUT2D eigenvalue weighted by atomic mass is 10.1. The van der Waals surface area contributed by atoms with Gasteiger partial charge in [0.15, 0.2) is 4.96 Å². The maximum atomic E-state index is 13.1. The molecule has 0 spiro atoms. The average Bonchev–Trinajstić information content (AvgIpc) is 3.43. The van der Waals surface area contributed by atoms with E-state index in [9.17, 15) is 17.9 Å². The lowest BCUT2D eigenvalue weighted by Gasteiger charge is -2.11. The Morgan fingerprint density at radius 3 is 2.78 bits per heavy atom. The zero-order valence-electron chi connectivity index (χ0n) is 19.2. The highest BCUT2D eigenvalue weighted by atomic mass is 32.2. The van der Waals surface area contributed by atoms with Crippen LogP contribution in [0.2, 0.25) is 0 Å². The van der Waals surface area contributed by atoms with Crippen molar-refractivity contribution in [2.45, 2.75) is 11.8 Å². The predicted octanol–water partition coefficient (Wildman–Crippen LogP) is 3.89. The number of rotatable bonds is 8. The van der Waals surface area contributed by atoms with Crippen LogP contribution in [0.3, 0.4) is 0 Å². The smallest absolute Gasteiger partial charge is 0.240 e. The fourth-order valence-electron chi connectivity index (χ4n) is 3.40. The minimum Gasteiger partial charge on any atom is -0.508 e. The largest absolute Gasteiger partial charge is 0.508 e. The van der Waals surface area contributed by atoms with Crippen LogP contribution < -0.4 is 10.0 Å². The van der Waals surface area contributed by atoms with Crippen LogP contribution in [0.1, 0.15) is 12.6 Å². The second-order valence-corrected chi connectivity index (χ2v) is 10.1. The van der Waals surface area contributed by atoms with Gasteiger partial charge in [0.25, 0.3) is 0 Å². The van der Waals surface area contributed by atoms with Crippen molar-refractivity contribution in [3.8, 4) is 17.0 Å². The summed E-state index contributed by atoms with van der Waals surface area (Å²) in [5.41, 5.74) is 2.49. The van der Waals surface area contributed by atoms with Crippen LogP contribution in [0.5, 0.6) is 5.75 Å². The van der Waals surface area contributed by atoms with Crippen molar-refractivity contribution < 1.29 is 17.9 Å². The van der Waals surface area contributed by atoms with Gasteiger partial charge in [-0.25, -0.2) is 32.5 Å². The molecule has 0 saturated carbocycles. The first-order valence-corrected chi connectivity index (χ1v) is 13.1. The third-order valence-corrected chi connectivity index (χ3v) is 7.20. The molecule has 0 fully saturated rings. The van der Waals surface area contributed by atoms with E-state index in [0.717, 1.165) is 22.7 Å². The molecular weight excluding hydrogens is 503 g/mol. The molecule has 2 heterocycles. The average molecular weight is 527 g/mol. The van der Waals surface area contributed by atoms with Gasteiger partial charge in [-0.1, -0.05) is 18.7 Å². The highest BCUT2D eigenvalue weighted by Gasteiger charge is 2.19. The molecule has 186 valence electrons. The number of phenols is 1. The Morgan fingerprint density at radius 2 is 2.06 bits per heavy atom. The van der Waals surface area contributed by atoms with E-state index in [1.807, 2.05) is 22.0 Å². The topological polar surface area (TPSA) is 120 Å². The summed E-state index contributed by atoms with van der Waals surface area (Å²) in [6, 6.07) is 11.3. The molecule has 0 bridgehead atoms. The number of imidazole rings is 1. The van der Waals surface area contributed by atoms with Crippen LogP contribution in [-0.2, 0) is 10.0 Å². The van der Waals surface area contributed by atoms with Crippen LogP contribution in [0.4, 0.5) is 4.39 Å². The monoisotopic (exact) mass is 526 g/mol. The van der Waals surface area contributed by atoms with Crippen LogP contribution in [0, 0.1) is 5.82 Å². The molecule has 2 aromatic carbocycles. The van der Waals surface area contributed by atoms with Crippen LogP contribution in [0.25, 0.3) is 21.9 Å². The SMILES string of the molecule is C=C(NC(N=CC)=NCCNS(=O)(=O)c1ccc(F)cc1)c1c(-c2cccc(O)c2)nc2sccn12. The van der Waals surface area contributed by atoms with E-state index >= 15 is 0 Å². The molecule has 0 aliphatic carbocycles. The number of fused-ring (bicyclic) bond motifs is 1. The molecule has 0 aliphatic heterocycles. The Hall–Kier alpha value is -3.87. The summed E-state index contributed by atoms with van der Waals surface area (Å²) in [5, 5.41) is 14.9. The molecule has 12 heteroatoms. The number of aromatic nitrogens is 2. The summed E-state index contributed by atoms with van der Waals surface area (Å²) in [6.45, 7) is 5.97. The van der Waals surface area contributed by atoms with E-state index in [0.29, 0.717) is 17.1 Å². The molecular formula is C24H23FN6O3S2. The third kappa shape index (κ3) is 5.67. The van der Waals surface area contributed by atoms with Gasteiger partial charge in [0.1, 0.15) is 11.6 Å². The van der Waals surface area contributed by atoms with Crippen molar-refractivity contribution in [3.05, 3.63) is 78.2 Å². The van der Waals surface area contributed by atoms with Gasteiger partial charge >= 0.3 is 0 Å². The van der Waals surface area contributed by atoms with Gasteiger partial charge in [0.05, 0.1) is 28.5 Å². The summed E-state index contributed by atoms with van der Waals surface area (Å²) in [5.74, 6) is -0.165. The lowest BCUT2D eigenvalue weighted by molar-refractivity contribution is 0.475. The molecule has 2 aromatic heterocycles. The van der Waals surface area contributed by atoms with E-state index < -0.39 is 15.8 Å². The first-order chi connectivity index (χ1) is 17.3. The molecule has 3 N–H and O–H groups in total. The lowest BCUT2D eigenvalue weighted by Crippen LogP contribution is -2.27. The zero-order chi connectivity index (χ0) is 25.7. The summed E-state index contributed by atoms with van der Waals surface area (Å²) < 4.78 is 42.1. The van der Waals surface area contributed by atoms with Crippen molar-refractivity contribution in [2.75, 3.05) is 13.1 Å². The number of hydrogen-bond acceptors (Lipinski definition) is 6. The van der Waals surface area contributed by atoms with Crippen molar-refractivity contribution in [3.63, 3.8) is 0 Å². The van der Waals surface area contributed by atoms with Crippen molar-refractivity contribution >= 4 is 44.2 Å². The Kier molecular flexibility index (Phi) is 7.58. The number of phenolic OH excluding ortho intramolecular Hbond substituents is 1. The molecule has 36 heavy (non-hydrogen) atoms. The Morgan fingerprint density at radius 1 is 1.28 bits per heavy atom. The highest BCUT2D eigenvalue weighted by molar-refractivity contribution is 7.89. The third-order valence-electron chi connectivity index (χ3n) is 4.97. The minimum atomic E-state index is -3.80. The standard InChI is InChI=1S/C24H23FN6O3S2/c1-3-26-23(27-11-12-28-36(33,34)20-9-7-18(25)8-10-20)29-16(2)22-21(17-5-4-6-19(32)15-17)30-24-31(22)13-14-35-24/h3-10,13-15,28,32H,2,11-12H2,1H3,(H,27,29). The fourth-order valence-corrected chi connectivity index (χ4v) is 5.13. The maximum Gasteiger partial charge on any atom is 0.240 e. The molecule has 4 rings (SSSR count). The van der Waals surface area contributed by atoms with Crippen molar-refractivity contribution in [2.24, 2.45) is 9.98 Å². The molecule has 0 aliphatic rings. The Balaban J connectivity index is 1.51. The fraction of sp³-hybridized carbons (Fsp3) is 0.125. The van der Waals surface area contributed by atoms with E-state index in [1.165, 1.54) is 23.5 Å². The van der Waals surface area contributed by atoms with Gasteiger partial charge in [0.2, 0.25) is 16.0 Å². The number of thiazole rings is 1. The number of nitrogens with zero attached hydrogens (tertiary/aromatic N) is 4. The normalized spacial score (nSPS) is 12.4. The molecule has 4 aromatic rings. The molecule has 0 saturated heterocycles. The van der Waals surface area contributed by atoms with Crippen LogP contribution in [0.15, 0.2) is 81.6 Å². The molecule has 0 amide bonds. The molecule has 0 atom stereocenters. The minimum absolute atomic E-state index is 0.00655. The number of nitrogens with one attached hydrogen (secondary N) is 2. The summed E-state index contributed by atoms with van der Waals surface area (Å²) >= 11 is 1.46. The van der Waals surface area contributed by atoms with Crippen molar-refractivity contribution in [1.29, 1.82) is 0 Å². The Labute approximate surface area is 211 Å². The van der Waals surface area contributed by atoms with Gasteiger partial charge in [-0.2, -0.15) is 0 Å². The van der Waals surface area contributed by atoms with E-state index in [-0.39, 0.29) is 29.7 Å². The predicted molar refractivity (Wildman–Crippen MR) is 140 cm³/mol. The first-order valence-electron chi connectivity index (χ1n) is 10.8. The number of aromatic hydroxyl groups is 1. The highest BCUT2D eigenvalue weighted by Crippen LogP contribution is 2.31. The number of sulfonamides is 1. The number of aliphatic imine (C=N–C) groups is 2. The first kappa shape index (κ1) is 25.2. The number of hydrogen-bond donors (Lipinski definition) is 3. The number of benzene rings is 2. The second-order valence-electron chi connectivity index (χ2n) is 7.46. The van der Waals surface area contributed by atoms with E-state index in [4.69, 9.17) is 0 Å². The van der Waals surface area contributed by atoms with Gasteiger partial charge in [-0.3, -0.25) is 4.40 Å². The molecule has 0 radical (unpaired) electrons. The second kappa shape index (κ2) is 10.8. The number of guanidine groups is 1. The quantitative estimate of drug-likeness (QED) is 0.183. The zero-order valence-corrected chi connectivity index (χ0v) is 20.9. The van der Waals surface area contributed by atoms with Gasteiger partial charge < -0.3 is 10.4 Å². The van der Waals surface area contributed by atoms with Crippen LogP contribution in [-0.4, -0.2) is 48.2 Å². The van der Waals surface area contributed by atoms with Gasteiger partial charge in [-0.15, -0.1) is 11.3 Å². The Bertz CT molecular complexity index is 1560.